The van der Waals surface area contributed by atoms with Crippen LogP contribution in [0.3, 0.4) is 0 Å². The zero-order chi connectivity index (χ0) is 18.3. The molecule has 5 rings (SSSR count). The number of hydrogen-bond acceptors (Lipinski definition) is 2. The first-order valence-electron chi connectivity index (χ1n) is 9.95. The number of amides is 3. The van der Waals surface area contributed by atoms with Gasteiger partial charge in [-0.15, -0.1) is 0 Å². The quantitative estimate of drug-likeness (QED) is 0.882. The average molecular weight is 355 g/mol. The SMILES string of the molecule is Cc1ccc(NC(=O)N2C[C@H]3CC[C@@H]2CN(C(=O)C2CCC2)C3)c(C)c1. The molecule has 1 saturated carbocycles. The fourth-order valence-electron chi connectivity index (χ4n) is 4.56. The van der Waals surface area contributed by atoms with Crippen molar-refractivity contribution < 1.29 is 9.59 Å². The van der Waals surface area contributed by atoms with E-state index >= 15 is 0 Å². The number of carbonyl (C=O) groups excluding carboxylic acids is 2. The Morgan fingerprint density at radius 1 is 1.04 bits per heavy atom. The third-order valence-corrected chi connectivity index (χ3v) is 6.36. The number of fused-ring (bicyclic) bond motifs is 4. The number of anilines is 1. The molecule has 2 bridgehead atoms. The minimum absolute atomic E-state index is 0.0235. The topological polar surface area (TPSA) is 52.7 Å². The van der Waals surface area contributed by atoms with E-state index in [2.05, 4.69) is 23.2 Å². The van der Waals surface area contributed by atoms with Gasteiger partial charge >= 0.3 is 6.03 Å². The highest BCUT2D eigenvalue weighted by Crippen LogP contribution is 2.33. The third kappa shape index (κ3) is 3.31. The molecular weight excluding hydrogens is 326 g/mol. The standard InChI is InChI=1S/C21H29N3O2/c1-14-6-9-19(15(2)10-14)22-21(26)24-12-16-7-8-18(24)13-23(11-16)20(25)17-4-3-5-17/h6,9-10,16-18H,3-5,7-8,11-13H2,1-2H3,(H,22,26)/t16-,18+/m0/s1. The molecule has 1 N–H and O–H groups in total. The van der Waals surface area contributed by atoms with Crippen LogP contribution in [0, 0.1) is 25.7 Å². The van der Waals surface area contributed by atoms with Crippen molar-refractivity contribution in [2.24, 2.45) is 11.8 Å². The highest BCUT2D eigenvalue weighted by atomic mass is 16.2. The van der Waals surface area contributed by atoms with Crippen molar-refractivity contribution in [3.8, 4) is 0 Å². The molecule has 140 valence electrons. The van der Waals surface area contributed by atoms with Gasteiger partial charge in [0.15, 0.2) is 0 Å². The summed E-state index contributed by atoms with van der Waals surface area (Å²) in [6, 6.07) is 6.21. The first kappa shape index (κ1) is 17.4. The Labute approximate surface area is 155 Å². The monoisotopic (exact) mass is 355 g/mol. The van der Waals surface area contributed by atoms with Gasteiger partial charge < -0.3 is 15.1 Å². The second-order valence-corrected chi connectivity index (χ2v) is 8.37. The van der Waals surface area contributed by atoms with Crippen molar-refractivity contribution in [2.45, 2.75) is 52.0 Å². The summed E-state index contributed by atoms with van der Waals surface area (Å²) in [5.41, 5.74) is 3.16. The maximum atomic E-state index is 12.9. The van der Waals surface area contributed by atoms with E-state index in [1.54, 1.807) is 0 Å². The zero-order valence-electron chi connectivity index (χ0n) is 15.8. The van der Waals surface area contributed by atoms with Crippen LogP contribution in [-0.2, 0) is 4.79 Å². The number of nitrogens with zero attached hydrogens (tertiary/aromatic N) is 2. The van der Waals surface area contributed by atoms with Crippen molar-refractivity contribution in [2.75, 3.05) is 25.0 Å². The molecule has 0 unspecified atom stereocenters. The number of benzene rings is 1. The van der Waals surface area contributed by atoms with Gasteiger partial charge in [-0.3, -0.25) is 4.79 Å². The average Bonchev–Trinajstić information content (AvgIpc) is 2.87. The van der Waals surface area contributed by atoms with Gasteiger partial charge in [0.25, 0.3) is 0 Å². The van der Waals surface area contributed by atoms with Crippen LogP contribution in [0.25, 0.3) is 0 Å². The highest BCUT2D eigenvalue weighted by Gasteiger charge is 2.40. The molecule has 0 spiro atoms. The van der Waals surface area contributed by atoms with Crippen LogP contribution in [-0.4, -0.2) is 47.4 Å². The lowest BCUT2D eigenvalue weighted by atomic mass is 9.84. The van der Waals surface area contributed by atoms with E-state index in [-0.39, 0.29) is 18.0 Å². The molecular formula is C21H29N3O2. The zero-order valence-corrected chi connectivity index (χ0v) is 15.8. The lowest BCUT2D eigenvalue weighted by Gasteiger charge is -2.36. The van der Waals surface area contributed by atoms with Crippen LogP contribution in [0.2, 0.25) is 0 Å². The first-order valence-corrected chi connectivity index (χ1v) is 9.95. The summed E-state index contributed by atoms with van der Waals surface area (Å²) in [6.07, 6.45) is 5.39. The summed E-state index contributed by atoms with van der Waals surface area (Å²) < 4.78 is 0. The summed E-state index contributed by atoms with van der Waals surface area (Å²) in [5.74, 6) is 0.970. The summed E-state index contributed by atoms with van der Waals surface area (Å²) in [4.78, 5) is 29.7. The van der Waals surface area contributed by atoms with Gasteiger partial charge in [0.1, 0.15) is 0 Å². The van der Waals surface area contributed by atoms with Crippen molar-refractivity contribution in [3.63, 3.8) is 0 Å². The van der Waals surface area contributed by atoms with Crippen LogP contribution in [0.4, 0.5) is 10.5 Å². The van der Waals surface area contributed by atoms with Gasteiger partial charge in [-0.2, -0.15) is 0 Å². The lowest BCUT2D eigenvalue weighted by Crippen LogP contribution is -2.49. The third-order valence-electron chi connectivity index (χ3n) is 6.36. The van der Waals surface area contributed by atoms with Crippen LogP contribution in [0.15, 0.2) is 18.2 Å². The van der Waals surface area contributed by atoms with E-state index in [0.29, 0.717) is 18.4 Å². The second-order valence-electron chi connectivity index (χ2n) is 8.37. The smallest absolute Gasteiger partial charge is 0.322 e. The Kier molecular flexibility index (Phi) is 4.63. The van der Waals surface area contributed by atoms with Crippen molar-refractivity contribution in [3.05, 3.63) is 29.3 Å². The molecule has 3 aliphatic heterocycles. The maximum Gasteiger partial charge on any atom is 0.322 e. The van der Waals surface area contributed by atoms with E-state index < -0.39 is 0 Å². The van der Waals surface area contributed by atoms with Crippen molar-refractivity contribution >= 4 is 17.6 Å². The van der Waals surface area contributed by atoms with E-state index in [4.69, 9.17) is 0 Å². The van der Waals surface area contributed by atoms with E-state index in [1.807, 2.05) is 24.0 Å². The molecule has 5 nitrogen and oxygen atoms in total. The molecule has 1 aromatic carbocycles. The molecule has 3 amide bonds. The van der Waals surface area contributed by atoms with Crippen LogP contribution in [0.5, 0.6) is 0 Å². The summed E-state index contributed by atoms with van der Waals surface area (Å²) in [6.45, 7) is 6.36. The number of hydrogen-bond donors (Lipinski definition) is 1. The second kappa shape index (κ2) is 6.93. The Hall–Kier alpha value is -2.04. The molecule has 4 fully saturated rings. The van der Waals surface area contributed by atoms with Crippen molar-refractivity contribution in [1.29, 1.82) is 0 Å². The molecule has 2 atom stereocenters. The Morgan fingerprint density at radius 2 is 1.85 bits per heavy atom. The molecule has 4 aliphatic rings. The highest BCUT2D eigenvalue weighted by molar-refractivity contribution is 5.90. The molecule has 0 aromatic heterocycles. The predicted molar refractivity (Wildman–Crippen MR) is 102 cm³/mol. The maximum absolute atomic E-state index is 12.9. The minimum atomic E-state index is -0.0235. The molecule has 3 heterocycles. The van der Waals surface area contributed by atoms with Gasteiger partial charge in [0.05, 0.1) is 6.04 Å². The van der Waals surface area contributed by atoms with Crippen molar-refractivity contribution in [1.82, 2.24) is 9.80 Å². The Bertz CT molecular complexity index is 713. The fraction of sp³-hybridized carbons (Fsp3) is 0.619. The molecule has 1 aromatic rings. The van der Waals surface area contributed by atoms with Gasteiger partial charge in [0, 0.05) is 31.2 Å². The molecule has 1 aliphatic carbocycles. The Balaban J connectivity index is 1.45. The predicted octanol–water partition coefficient (Wildman–Crippen LogP) is 3.56. The molecule has 5 heteroatoms. The number of urea groups is 1. The van der Waals surface area contributed by atoms with E-state index in [9.17, 15) is 9.59 Å². The van der Waals surface area contributed by atoms with E-state index in [0.717, 1.165) is 50.0 Å². The number of piperidine rings is 1. The van der Waals surface area contributed by atoms with Gasteiger partial charge in [-0.05, 0) is 57.1 Å². The van der Waals surface area contributed by atoms with Crippen LogP contribution >= 0.6 is 0 Å². The molecule has 3 saturated heterocycles. The fourth-order valence-corrected chi connectivity index (χ4v) is 4.56. The normalized spacial score (nSPS) is 25.6. The molecule has 0 radical (unpaired) electrons. The minimum Gasteiger partial charge on any atom is -0.340 e. The molecule has 26 heavy (non-hydrogen) atoms. The number of carbonyl (C=O) groups is 2. The van der Waals surface area contributed by atoms with Crippen LogP contribution in [0.1, 0.15) is 43.2 Å². The van der Waals surface area contributed by atoms with Gasteiger partial charge in [0.2, 0.25) is 5.91 Å². The van der Waals surface area contributed by atoms with Gasteiger partial charge in [-0.25, -0.2) is 4.79 Å². The largest absolute Gasteiger partial charge is 0.340 e. The summed E-state index contributed by atoms with van der Waals surface area (Å²) in [7, 11) is 0. The Morgan fingerprint density at radius 3 is 2.54 bits per heavy atom. The summed E-state index contributed by atoms with van der Waals surface area (Å²) >= 11 is 0. The number of nitrogens with one attached hydrogen (secondary N) is 1. The van der Waals surface area contributed by atoms with Crippen LogP contribution < -0.4 is 5.32 Å². The number of rotatable bonds is 2. The summed E-state index contributed by atoms with van der Waals surface area (Å²) in [5, 5.41) is 3.09. The van der Waals surface area contributed by atoms with E-state index in [1.165, 1.54) is 12.0 Å². The lowest BCUT2D eigenvalue weighted by molar-refractivity contribution is -0.138. The first-order chi connectivity index (χ1) is 12.5. The number of aryl methyl sites for hydroxylation is 2. The van der Waals surface area contributed by atoms with Gasteiger partial charge in [-0.1, -0.05) is 24.1 Å².